The second-order valence-electron chi connectivity index (χ2n) is 14.6. The molecule has 0 bridgehead atoms. The molecule has 0 saturated carbocycles. The first-order valence-electron chi connectivity index (χ1n) is 19.5. The summed E-state index contributed by atoms with van der Waals surface area (Å²) < 4.78 is 4.89. The van der Waals surface area contributed by atoms with E-state index in [1.165, 1.54) is 65.9 Å². The van der Waals surface area contributed by atoms with Crippen LogP contribution in [0.5, 0.6) is 0 Å². The van der Waals surface area contributed by atoms with E-state index < -0.39 is 0 Å². The molecule has 0 fully saturated rings. The van der Waals surface area contributed by atoms with Gasteiger partial charge in [-0.3, -0.25) is 0 Å². The van der Waals surface area contributed by atoms with Crippen molar-refractivity contribution >= 4 is 60.7 Å². The Labute approximate surface area is 331 Å². The number of anilines is 3. The molecule has 11 rings (SSSR count). The predicted molar refractivity (Wildman–Crippen MR) is 241 cm³/mol. The zero-order chi connectivity index (χ0) is 37.7. The molecular formula is C54H37N3. The fourth-order valence-electron chi connectivity index (χ4n) is 8.70. The average molecular weight is 728 g/mol. The van der Waals surface area contributed by atoms with Gasteiger partial charge in [-0.05, 0) is 101 Å². The molecular weight excluding hydrogens is 691 g/mol. The highest BCUT2D eigenvalue weighted by Gasteiger charge is 2.21. The molecule has 0 aliphatic carbocycles. The normalized spacial score (nSPS) is 11.5. The van der Waals surface area contributed by atoms with Crippen molar-refractivity contribution in [1.82, 2.24) is 9.13 Å². The molecule has 0 unspecified atom stereocenters. The van der Waals surface area contributed by atoms with Crippen LogP contribution in [0, 0.1) is 0 Å². The molecule has 0 aliphatic rings. The topological polar surface area (TPSA) is 13.1 Å². The Morgan fingerprint density at radius 2 is 0.684 bits per heavy atom. The van der Waals surface area contributed by atoms with Gasteiger partial charge in [-0.15, -0.1) is 0 Å². The molecule has 0 amide bonds. The van der Waals surface area contributed by atoms with Gasteiger partial charge >= 0.3 is 0 Å². The summed E-state index contributed by atoms with van der Waals surface area (Å²) in [4.78, 5) is 2.33. The van der Waals surface area contributed by atoms with Crippen molar-refractivity contribution in [3.8, 4) is 33.6 Å². The quantitative estimate of drug-likeness (QED) is 0.159. The molecule has 9 aromatic carbocycles. The summed E-state index contributed by atoms with van der Waals surface area (Å²) >= 11 is 0. The van der Waals surface area contributed by atoms with Crippen molar-refractivity contribution in [2.75, 3.05) is 4.90 Å². The molecule has 0 aliphatic heterocycles. The minimum atomic E-state index is 1.10. The van der Waals surface area contributed by atoms with Crippen LogP contribution in [0.4, 0.5) is 17.1 Å². The molecule has 11 aromatic rings. The third-order valence-electron chi connectivity index (χ3n) is 11.3. The maximum absolute atomic E-state index is 2.47. The second-order valence-corrected chi connectivity index (χ2v) is 14.6. The molecule has 0 spiro atoms. The highest BCUT2D eigenvalue weighted by atomic mass is 15.1. The van der Waals surface area contributed by atoms with Crippen LogP contribution < -0.4 is 4.90 Å². The van der Waals surface area contributed by atoms with Crippen molar-refractivity contribution in [1.29, 1.82) is 0 Å². The standard InChI is InChI=1S/C54H37N3/c1-4-14-38(15-5-1)40-24-28-43(29-25-40)55(42-18-8-3-9-19-42)44-32-34-46(35-33-44)57-50-22-12-10-20-47(50)48-36-37-52-53(54(48)57)49-21-11-13-23-51(49)56(52)45-30-26-41(27-31-45)39-16-6-2-7-17-39/h1-37H. The lowest BCUT2D eigenvalue weighted by molar-refractivity contribution is 1.17. The van der Waals surface area contributed by atoms with Crippen molar-refractivity contribution in [3.63, 3.8) is 0 Å². The van der Waals surface area contributed by atoms with Gasteiger partial charge in [0.2, 0.25) is 0 Å². The van der Waals surface area contributed by atoms with Crippen molar-refractivity contribution in [3.05, 3.63) is 224 Å². The predicted octanol–water partition coefficient (Wildman–Crippen LogP) is 14.7. The van der Waals surface area contributed by atoms with Crippen molar-refractivity contribution in [2.45, 2.75) is 0 Å². The summed E-state index contributed by atoms with van der Waals surface area (Å²) in [6.07, 6.45) is 0. The van der Waals surface area contributed by atoms with Gasteiger partial charge in [-0.25, -0.2) is 0 Å². The van der Waals surface area contributed by atoms with Gasteiger partial charge in [-0.1, -0.05) is 146 Å². The van der Waals surface area contributed by atoms with E-state index in [0.29, 0.717) is 0 Å². The summed E-state index contributed by atoms with van der Waals surface area (Å²) in [6, 6.07) is 80.9. The van der Waals surface area contributed by atoms with E-state index in [2.05, 4.69) is 238 Å². The van der Waals surface area contributed by atoms with Crippen LogP contribution in [-0.4, -0.2) is 9.13 Å². The van der Waals surface area contributed by atoms with Crippen LogP contribution in [0.2, 0.25) is 0 Å². The van der Waals surface area contributed by atoms with Crippen LogP contribution in [-0.2, 0) is 0 Å². The molecule has 0 radical (unpaired) electrons. The smallest absolute Gasteiger partial charge is 0.0641 e. The van der Waals surface area contributed by atoms with Gasteiger partial charge in [-0.2, -0.15) is 0 Å². The number of hydrogen-bond donors (Lipinski definition) is 0. The van der Waals surface area contributed by atoms with E-state index in [1.807, 2.05) is 0 Å². The number of aromatic nitrogens is 2. The Balaban J connectivity index is 1.08. The Morgan fingerprint density at radius 3 is 1.30 bits per heavy atom. The summed E-state index contributed by atoms with van der Waals surface area (Å²) in [6.45, 7) is 0. The number of hydrogen-bond acceptors (Lipinski definition) is 1. The minimum absolute atomic E-state index is 1.10. The summed E-state index contributed by atoms with van der Waals surface area (Å²) in [5.74, 6) is 0. The monoisotopic (exact) mass is 727 g/mol. The molecule has 3 heteroatoms. The third-order valence-corrected chi connectivity index (χ3v) is 11.3. The maximum atomic E-state index is 2.47. The highest BCUT2D eigenvalue weighted by molar-refractivity contribution is 6.26. The zero-order valence-corrected chi connectivity index (χ0v) is 31.2. The van der Waals surface area contributed by atoms with Gasteiger partial charge in [0, 0.05) is 50.0 Å². The van der Waals surface area contributed by atoms with Gasteiger partial charge in [0.05, 0.1) is 22.1 Å². The van der Waals surface area contributed by atoms with Crippen LogP contribution in [0.25, 0.3) is 77.2 Å². The van der Waals surface area contributed by atoms with E-state index in [9.17, 15) is 0 Å². The van der Waals surface area contributed by atoms with Crippen molar-refractivity contribution < 1.29 is 0 Å². The molecule has 268 valence electrons. The first-order valence-corrected chi connectivity index (χ1v) is 19.5. The third kappa shape index (κ3) is 5.51. The first kappa shape index (κ1) is 32.8. The van der Waals surface area contributed by atoms with E-state index in [-0.39, 0.29) is 0 Å². The maximum Gasteiger partial charge on any atom is 0.0641 e. The number of rotatable bonds is 7. The van der Waals surface area contributed by atoms with Gasteiger partial charge < -0.3 is 14.0 Å². The molecule has 0 atom stereocenters. The Hall–Kier alpha value is -7.62. The summed E-state index contributed by atoms with van der Waals surface area (Å²) in [5, 5.41) is 4.97. The van der Waals surface area contributed by atoms with Crippen LogP contribution >= 0.6 is 0 Å². The number of para-hydroxylation sites is 3. The van der Waals surface area contributed by atoms with Gasteiger partial charge in [0.15, 0.2) is 0 Å². The van der Waals surface area contributed by atoms with E-state index in [1.54, 1.807) is 0 Å². The van der Waals surface area contributed by atoms with Gasteiger partial charge in [0.25, 0.3) is 0 Å². The Morgan fingerprint density at radius 1 is 0.263 bits per heavy atom. The fraction of sp³-hybridized carbons (Fsp3) is 0. The van der Waals surface area contributed by atoms with E-state index >= 15 is 0 Å². The van der Waals surface area contributed by atoms with Crippen LogP contribution in [0.1, 0.15) is 0 Å². The minimum Gasteiger partial charge on any atom is -0.311 e. The average Bonchev–Trinajstić information content (AvgIpc) is 3.81. The SMILES string of the molecule is c1ccc(-c2ccc(N(c3ccccc3)c3ccc(-n4c5ccccc5c5ccc6c(c7ccccc7n6-c6ccc(-c7ccccc7)cc6)c54)cc3)cc2)cc1. The number of benzene rings is 9. The van der Waals surface area contributed by atoms with Crippen molar-refractivity contribution in [2.24, 2.45) is 0 Å². The highest BCUT2D eigenvalue weighted by Crippen LogP contribution is 2.43. The Kier molecular flexibility index (Phi) is 7.82. The van der Waals surface area contributed by atoms with Crippen LogP contribution in [0.15, 0.2) is 224 Å². The van der Waals surface area contributed by atoms with E-state index in [0.717, 1.165) is 28.4 Å². The lowest BCUT2D eigenvalue weighted by Gasteiger charge is -2.26. The van der Waals surface area contributed by atoms with Gasteiger partial charge in [0.1, 0.15) is 0 Å². The molecule has 0 N–H and O–H groups in total. The molecule has 2 heterocycles. The Bertz CT molecular complexity index is 3180. The molecule has 3 nitrogen and oxygen atoms in total. The largest absolute Gasteiger partial charge is 0.311 e. The fourth-order valence-corrected chi connectivity index (χ4v) is 8.70. The molecule has 57 heavy (non-hydrogen) atoms. The first-order chi connectivity index (χ1) is 28.3. The lowest BCUT2D eigenvalue weighted by Crippen LogP contribution is -2.10. The van der Waals surface area contributed by atoms with Crippen LogP contribution in [0.3, 0.4) is 0 Å². The summed E-state index contributed by atoms with van der Waals surface area (Å²) in [7, 11) is 0. The number of fused-ring (bicyclic) bond motifs is 7. The summed E-state index contributed by atoms with van der Waals surface area (Å²) in [5.41, 5.74) is 15.2. The molecule has 0 saturated heterocycles. The lowest BCUT2D eigenvalue weighted by atomic mass is 10.0. The second kappa shape index (κ2) is 13.6. The van der Waals surface area contributed by atoms with E-state index in [4.69, 9.17) is 0 Å². The number of nitrogens with zero attached hydrogens (tertiary/aromatic N) is 3. The molecule has 2 aromatic heterocycles. The zero-order valence-electron chi connectivity index (χ0n) is 31.2.